The molecular weight excluding hydrogens is 214 g/mol. The van der Waals surface area contributed by atoms with Crippen molar-refractivity contribution in [1.82, 2.24) is 10.2 Å². The van der Waals surface area contributed by atoms with Gasteiger partial charge < -0.3 is 16.0 Å². The molecule has 0 spiro atoms. The average Bonchev–Trinajstić information content (AvgIpc) is 2.38. The molecule has 3 N–H and O–H groups in total. The number of nitrogens with two attached hydrogens (primary N) is 1. The molecule has 98 valence electrons. The first-order chi connectivity index (χ1) is 8.11. The van der Waals surface area contributed by atoms with E-state index in [2.05, 4.69) is 17.1 Å². The number of fused-ring (bicyclic) bond motifs is 3. The summed E-state index contributed by atoms with van der Waals surface area (Å²) in [5.41, 5.74) is 5.96. The van der Waals surface area contributed by atoms with Gasteiger partial charge in [0, 0.05) is 12.6 Å². The highest BCUT2D eigenvalue weighted by Crippen LogP contribution is 2.27. The number of hydrogen-bond acceptors (Lipinski definition) is 3. The smallest absolute Gasteiger partial charge is 0.237 e. The van der Waals surface area contributed by atoms with Crippen molar-refractivity contribution in [3.63, 3.8) is 0 Å². The Morgan fingerprint density at radius 2 is 2.12 bits per heavy atom. The zero-order chi connectivity index (χ0) is 12.4. The summed E-state index contributed by atoms with van der Waals surface area (Å²) >= 11 is 0. The normalized spacial score (nSPS) is 35.4. The Hall–Kier alpha value is -0.610. The molecule has 2 bridgehead atoms. The predicted octanol–water partition coefficient (Wildman–Crippen LogP) is 0.570. The van der Waals surface area contributed by atoms with Crippen LogP contribution < -0.4 is 11.1 Å². The number of piperidine rings is 3. The third-order valence-electron chi connectivity index (χ3n) is 4.54. The first-order valence-corrected chi connectivity index (χ1v) is 6.90. The number of carbonyl (C=O) groups is 1. The van der Waals surface area contributed by atoms with Crippen molar-refractivity contribution in [2.75, 3.05) is 19.6 Å². The SMILES string of the molecule is CCC(C)C(N)C(=O)NC1CN2CCC1CC2. The molecule has 0 aliphatic carbocycles. The fourth-order valence-electron chi connectivity index (χ4n) is 2.92. The molecule has 0 radical (unpaired) electrons. The molecule has 3 aliphatic heterocycles. The van der Waals surface area contributed by atoms with Crippen LogP contribution in [-0.2, 0) is 4.79 Å². The third kappa shape index (κ3) is 2.80. The van der Waals surface area contributed by atoms with Crippen LogP contribution in [0, 0.1) is 11.8 Å². The highest BCUT2D eigenvalue weighted by atomic mass is 16.2. The summed E-state index contributed by atoms with van der Waals surface area (Å²) in [4.78, 5) is 14.5. The van der Waals surface area contributed by atoms with E-state index in [0.29, 0.717) is 12.0 Å². The van der Waals surface area contributed by atoms with Gasteiger partial charge in [0.05, 0.1) is 6.04 Å². The van der Waals surface area contributed by atoms with Crippen molar-refractivity contribution >= 4 is 5.91 Å². The Morgan fingerprint density at radius 3 is 2.59 bits per heavy atom. The lowest BCUT2D eigenvalue weighted by molar-refractivity contribution is -0.125. The van der Waals surface area contributed by atoms with E-state index >= 15 is 0 Å². The molecule has 0 aromatic rings. The Bertz CT molecular complexity index is 274. The van der Waals surface area contributed by atoms with Crippen LogP contribution in [0.4, 0.5) is 0 Å². The van der Waals surface area contributed by atoms with Crippen molar-refractivity contribution in [3.05, 3.63) is 0 Å². The second kappa shape index (κ2) is 5.36. The van der Waals surface area contributed by atoms with E-state index in [1.807, 2.05) is 6.92 Å². The zero-order valence-corrected chi connectivity index (χ0v) is 11.0. The summed E-state index contributed by atoms with van der Waals surface area (Å²) in [6, 6.07) is -0.0180. The second-order valence-electron chi connectivity index (χ2n) is 5.66. The fourth-order valence-corrected chi connectivity index (χ4v) is 2.92. The molecule has 3 heterocycles. The van der Waals surface area contributed by atoms with Crippen LogP contribution in [0.2, 0.25) is 0 Å². The lowest BCUT2D eigenvalue weighted by atomic mass is 9.83. The Labute approximate surface area is 104 Å². The van der Waals surface area contributed by atoms with E-state index in [1.165, 1.54) is 25.9 Å². The topological polar surface area (TPSA) is 58.4 Å². The molecule has 4 heteroatoms. The highest BCUT2D eigenvalue weighted by Gasteiger charge is 2.35. The highest BCUT2D eigenvalue weighted by molar-refractivity contribution is 5.82. The summed E-state index contributed by atoms with van der Waals surface area (Å²) in [7, 11) is 0. The van der Waals surface area contributed by atoms with Gasteiger partial charge in [0.1, 0.15) is 0 Å². The van der Waals surface area contributed by atoms with Gasteiger partial charge in [-0.1, -0.05) is 20.3 Å². The van der Waals surface area contributed by atoms with E-state index in [4.69, 9.17) is 5.73 Å². The largest absolute Gasteiger partial charge is 0.350 e. The number of nitrogens with one attached hydrogen (secondary N) is 1. The van der Waals surface area contributed by atoms with Crippen LogP contribution in [-0.4, -0.2) is 42.5 Å². The number of hydrogen-bond donors (Lipinski definition) is 2. The average molecular weight is 239 g/mol. The van der Waals surface area contributed by atoms with Crippen LogP contribution in [0.5, 0.6) is 0 Å². The van der Waals surface area contributed by atoms with Crippen molar-refractivity contribution in [2.24, 2.45) is 17.6 Å². The maximum Gasteiger partial charge on any atom is 0.237 e. The maximum atomic E-state index is 12.0. The molecule has 4 nitrogen and oxygen atoms in total. The number of carbonyl (C=O) groups excluding carboxylic acids is 1. The molecule has 0 aromatic heterocycles. The zero-order valence-electron chi connectivity index (χ0n) is 11.0. The molecule has 1 amide bonds. The van der Waals surface area contributed by atoms with Gasteiger partial charge in [0.15, 0.2) is 0 Å². The van der Waals surface area contributed by atoms with E-state index < -0.39 is 0 Å². The fraction of sp³-hybridized carbons (Fsp3) is 0.923. The summed E-state index contributed by atoms with van der Waals surface area (Å²) in [6.07, 6.45) is 3.40. The van der Waals surface area contributed by atoms with Gasteiger partial charge in [-0.3, -0.25) is 4.79 Å². The molecule has 3 fully saturated rings. The molecule has 3 aliphatic rings. The minimum atomic E-state index is -0.351. The Morgan fingerprint density at radius 1 is 1.47 bits per heavy atom. The summed E-state index contributed by atoms with van der Waals surface area (Å²) in [5.74, 6) is 0.974. The van der Waals surface area contributed by atoms with Crippen molar-refractivity contribution in [3.8, 4) is 0 Å². The van der Waals surface area contributed by atoms with E-state index in [9.17, 15) is 4.79 Å². The van der Waals surface area contributed by atoms with Gasteiger partial charge in [-0.25, -0.2) is 0 Å². The van der Waals surface area contributed by atoms with Crippen LogP contribution in [0.25, 0.3) is 0 Å². The van der Waals surface area contributed by atoms with Gasteiger partial charge >= 0.3 is 0 Å². The molecular formula is C13H25N3O. The molecule has 3 atom stereocenters. The van der Waals surface area contributed by atoms with Gasteiger partial charge in [0.25, 0.3) is 0 Å². The lowest BCUT2D eigenvalue weighted by Gasteiger charge is -2.45. The minimum absolute atomic E-state index is 0.0399. The first kappa shape index (κ1) is 12.8. The van der Waals surface area contributed by atoms with Crippen molar-refractivity contribution < 1.29 is 4.79 Å². The lowest BCUT2D eigenvalue weighted by Crippen LogP contribution is -2.59. The standard InChI is InChI=1S/C13H25N3O/c1-3-9(2)12(14)13(17)15-11-8-16-6-4-10(11)5-7-16/h9-12H,3-8,14H2,1-2H3,(H,15,17). The summed E-state index contributed by atoms with van der Waals surface area (Å²) in [6.45, 7) is 7.54. The van der Waals surface area contributed by atoms with Gasteiger partial charge in [-0.15, -0.1) is 0 Å². The molecule has 3 saturated heterocycles. The van der Waals surface area contributed by atoms with E-state index in [1.54, 1.807) is 0 Å². The van der Waals surface area contributed by atoms with Gasteiger partial charge in [0.2, 0.25) is 5.91 Å². The van der Waals surface area contributed by atoms with Gasteiger partial charge in [-0.2, -0.15) is 0 Å². The number of nitrogens with zero attached hydrogens (tertiary/aromatic N) is 1. The monoisotopic (exact) mass is 239 g/mol. The second-order valence-corrected chi connectivity index (χ2v) is 5.66. The Kier molecular flexibility index (Phi) is 4.05. The quantitative estimate of drug-likeness (QED) is 0.754. The molecule has 17 heavy (non-hydrogen) atoms. The predicted molar refractivity (Wildman–Crippen MR) is 68.5 cm³/mol. The molecule has 3 rings (SSSR count). The number of amides is 1. The summed E-state index contributed by atoms with van der Waals surface area (Å²) in [5, 5.41) is 3.16. The Balaban J connectivity index is 1.86. The summed E-state index contributed by atoms with van der Waals surface area (Å²) < 4.78 is 0. The van der Waals surface area contributed by atoms with Gasteiger partial charge in [-0.05, 0) is 37.8 Å². The molecule has 0 saturated carbocycles. The van der Waals surface area contributed by atoms with Crippen molar-refractivity contribution in [1.29, 1.82) is 0 Å². The molecule has 0 aromatic carbocycles. The van der Waals surface area contributed by atoms with Crippen LogP contribution in [0.15, 0.2) is 0 Å². The van der Waals surface area contributed by atoms with Crippen molar-refractivity contribution in [2.45, 2.75) is 45.2 Å². The van der Waals surface area contributed by atoms with E-state index in [0.717, 1.165) is 13.0 Å². The number of rotatable bonds is 4. The van der Waals surface area contributed by atoms with Crippen LogP contribution >= 0.6 is 0 Å². The van der Waals surface area contributed by atoms with E-state index in [-0.39, 0.29) is 17.9 Å². The third-order valence-corrected chi connectivity index (χ3v) is 4.54. The van der Waals surface area contributed by atoms with Crippen LogP contribution in [0.3, 0.4) is 0 Å². The van der Waals surface area contributed by atoms with Crippen LogP contribution in [0.1, 0.15) is 33.1 Å². The maximum absolute atomic E-state index is 12.0. The molecule has 3 unspecified atom stereocenters. The minimum Gasteiger partial charge on any atom is -0.350 e. The first-order valence-electron chi connectivity index (χ1n) is 6.90.